The van der Waals surface area contributed by atoms with Crippen LogP contribution >= 0.6 is 11.6 Å². The molecule has 4 heteroatoms. The average Bonchev–Trinajstić information content (AvgIpc) is 2.78. The predicted molar refractivity (Wildman–Crippen MR) is 83.6 cm³/mol. The van der Waals surface area contributed by atoms with Crippen LogP contribution in [-0.2, 0) is 0 Å². The number of amides is 1. The van der Waals surface area contributed by atoms with Gasteiger partial charge in [0, 0.05) is 34.6 Å². The maximum atomic E-state index is 13.0. The molecule has 1 aromatic heterocycles. The molecular weight excluding hydrogens is 284 g/mol. The summed E-state index contributed by atoms with van der Waals surface area (Å²) in [6.45, 7) is 0. The van der Waals surface area contributed by atoms with E-state index in [1.807, 2.05) is 30.3 Å². The lowest BCUT2D eigenvalue weighted by Crippen LogP contribution is -2.47. The monoisotopic (exact) mass is 300 g/mol. The Morgan fingerprint density at radius 3 is 2.67 bits per heavy atom. The molecule has 2 aliphatic rings. The van der Waals surface area contributed by atoms with E-state index in [-0.39, 0.29) is 11.3 Å². The lowest BCUT2D eigenvalue weighted by atomic mass is 9.99. The number of fused-ring (bicyclic) bond motifs is 3. The number of alkyl halides is 1. The Morgan fingerprint density at radius 2 is 1.90 bits per heavy atom. The lowest BCUT2D eigenvalue weighted by Gasteiger charge is -2.37. The predicted octanol–water partition coefficient (Wildman–Crippen LogP) is 3.61. The number of aromatic nitrogens is 1. The second-order valence-electron chi connectivity index (χ2n) is 6.04. The number of piperidine rings is 1. The van der Waals surface area contributed by atoms with E-state index in [0.717, 1.165) is 42.1 Å². The highest BCUT2D eigenvalue weighted by atomic mass is 35.5. The zero-order chi connectivity index (χ0) is 14.4. The van der Waals surface area contributed by atoms with Crippen LogP contribution < -0.4 is 0 Å². The Hall–Kier alpha value is -1.61. The first-order valence-corrected chi connectivity index (χ1v) is 7.98. The van der Waals surface area contributed by atoms with Crippen molar-refractivity contribution in [3.63, 3.8) is 0 Å². The summed E-state index contributed by atoms with van der Waals surface area (Å²) in [7, 11) is 0. The maximum Gasteiger partial charge on any atom is 0.255 e. The minimum Gasteiger partial charge on any atom is -0.333 e. The van der Waals surface area contributed by atoms with Gasteiger partial charge in [0.1, 0.15) is 0 Å². The lowest BCUT2D eigenvalue weighted by molar-refractivity contribution is 0.0601. The van der Waals surface area contributed by atoms with E-state index in [2.05, 4.69) is 9.88 Å². The number of pyridine rings is 1. The number of hydrogen-bond acceptors (Lipinski definition) is 2. The molecule has 21 heavy (non-hydrogen) atoms. The van der Waals surface area contributed by atoms with E-state index in [1.54, 1.807) is 6.20 Å². The molecule has 2 atom stereocenters. The van der Waals surface area contributed by atoms with Crippen molar-refractivity contribution in [2.24, 2.45) is 0 Å². The Bertz CT molecular complexity index is 683. The molecule has 1 aromatic carbocycles. The molecule has 2 fully saturated rings. The molecule has 0 aliphatic carbocycles. The minimum atomic E-state index is 0.143. The standard InChI is InChI=1S/C17H17ClN2O/c18-11-9-12-6-7-13(10-11)20(12)17(21)15-3-1-5-16-14(15)4-2-8-19-16/h1-5,8,11-13H,6-7,9-10H2. The van der Waals surface area contributed by atoms with Crippen LogP contribution in [0.5, 0.6) is 0 Å². The third kappa shape index (κ3) is 2.11. The first-order chi connectivity index (χ1) is 10.2. The summed E-state index contributed by atoms with van der Waals surface area (Å²) >= 11 is 6.31. The van der Waals surface area contributed by atoms with Crippen LogP contribution in [0.15, 0.2) is 36.5 Å². The van der Waals surface area contributed by atoms with Gasteiger partial charge >= 0.3 is 0 Å². The van der Waals surface area contributed by atoms with Crippen molar-refractivity contribution in [2.45, 2.75) is 43.1 Å². The highest BCUT2D eigenvalue weighted by Crippen LogP contribution is 2.39. The highest BCUT2D eigenvalue weighted by molar-refractivity contribution is 6.20. The van der Waals surface area contributed by atoms with Gasteiger partial charge in [-0.05, 0) is 43.9 Å². The first kappa shape index (κ1) is 13.1. The Labute approximate surface area is 128 Å². The topological polar surface area (TPSA) is 33.2 Å². The highest BCUT2D eigenvalue weighted by Gasteiger charge is 2.43. The van der Waals surface area contributed by atoms with E-state index in [1.165, 1.54) is 0 Å². The van der Waals surface area contributed by atoms with Crippen molar-refractivity contribution < 1.29 is 4.79 Å². The van der Waals surface area contributed by atoms with Crippen molar-refractivity contribution in [1.82, 2.24) is 9.88 Å². The van der Waals surface area contributed by atoms with Crippen LogP contribution in [-0.4, -0.2) is 33.3 Å². The van der Waals surface area contributed by atoms with Crippen LogP contribution in [0.25, 0.3) is 10.9 Å². The normalized spacial score (nSPS) is 28.0. The summed E-state index contributed by atoms with van der Waals surface area (Å²) in [5.74, 6) is 0.143. The summed E-state index contributed by atoms with van der Waals surface area (Å²) in [4.78, 5) is 19.5. The van der Waals surface area contributed by atoms with Crippen molar-refractivity contribution >= 4 is 28.4 Å². The molecule has 2 aromatic rings. The smallest absolute Gasteiger partial charge is 0.255 e. The van der Waals surface area contributed by atoms with Gasteiger partial charge in [0.15, 0.2) is 0 Å². The number of carbonyl (C=O) groups is 1. The number of nitrogens with zero attached hydrogens (tertiary/aromatic N) is 2. The third-order valence-electron chi connectivity index (χ3n) is 4.79. The number of halogens is 1. The second-order valence-corrected chi connectivity index (χ2v) is 6.66. The summed E-state index contributed by atoms with van der Waals surface area (Å²) in [5, 5.41) is 1.16. The molecule has 2 aliphatic heterocycles. The molecule has 3 heterocycles. The fourth-order valence-electron chi connectivity index (χ4n) is 3.87. The van der Waals surface area contributed by atoms with E-state index >= 15 is 0 Å². The van der Waals surface area contributed by atoms with E-state index in [4.69, 9.17) is 11.6 Å². The third-order valence-corrected chi connectivity index (χ3v) is 5.14. The second kappa shape index (κ2) is 4.99. The van der Waals surface area contributed by atoms with Gasteiger partial charge < -0.3 is 4.90 Å². The molecule has 1 amide bonds. The van der Waals surface area contributed by atoms with Crippen LogP contribution in [0, 0.1) is 0 Å². The van der Waals surface area contributed by atoms with E-state index in [9.17, 15) is 4.79 Å². The molecule has 2 bridgehead atoms. The van der Waals surface area contributed by atoms with Gasteiger partial charge in [0.2, 0.25) is 0 Å². The molecule has 108 valence electrons. The molecule has 3 nitrogen and oxygen atoms in total. The van der Waals surface area contributed by atoms with Crippen molar-refractivity contribution in [2.75, 3.05) is 0 Å². The maximum absolute atomic E-state index is 13.0. The fourth-order valence-corrected chi connectivity index (χ4v) is 4.28. The van der Waals surface area contributed by atoms with Gasteiger partial charge in [-0.25, -0.2) is 0 Å². The molecule has 2 saturated heterocycles. The largest absolute Gasteiger partial charge is 0.333 e. The minimum absolute atomic E-state index is 0.143. The molecule has 0 N–H and O–H groups in total. The Morgan fingerprint density at radius 1 is 1.14 bits per heavy atom. The van der Waals surface area contributed by atoms with Gasteiger partial charge in [-0.3, -0.25) is 9.78 Å². The molecule has 2 unspecified atom stereocenters. The summed E-state index contributed by atoms with van der Waals surface area (Å²) in [6, 6.07) is 10.3. The van der Waals surface area contributed by atoms with Crippen LogP contribution in [0.1, 0.15) is 36.0 Å². The van der Waals surface area contributed by atoms with Crippen molar-refractivity contribution in [3.05, 3.63) is 42.1 Å². The molecule has 4 rings (SSSR count). The molecular formula is C17H17ClN2O. The average molecular weight is 301 g/mol. The van der Waals surface area contributed by atoms with Crippen molar-refractivity contribution in [1.29, 1.82) is 0 Å². The molecule has 0 radical (unpaired) electrons. The zero-order valence-corrected chi connectivity index (χ0v) is 12.5. The fraction of sp³-hybridized carbons (Fsp3) is 0.412. The van der Waals surface area contributed by atoms with Crippen LogP contribution in [0.4, 0.5) is 0 Å². The van der Waals surface area contributed by atoms with Gasteiger partial charge in [0.25, 0.3) is 5.91 Å². The first-order valence-electron chi connectivity index (χ1n) is 7.54. The number of rotatable bonds is 1. The van der Waals surface area contributed by atoms with Gasteiger partial charge in [-0.15, -0.1) is 11.6 Å². The van der Waals surface area contributed by atoms with Gasteiger partial charge in [-0.1, -0.05) is 12.1 Å². The summed E-state index contributed by atoms with van der Waals surface area (Å²) in [5.41, 5.74) is 1.65. The van der Waals surface area contributed by atoms with E-state index < -0.39 is 0 Å². The SMILES string of the molecule is O=C(c1cccc2ncccc12)N1C2CCC1CC(Cl)C2. The van der Waals surface area contributed by atoms with Gasteiger partial charge in [0.05, 0.1) is 5.52 Å². The number of hydrogen-bond donors (Lipinski definition) is 0. The molecule has 0 spiro atoms. The quantitative estimate of drug-likeness (QED) is 0.754. The Balaban J connectivity index is 1.74. The van der Waals surface area contributed by atoms with Gasteiger partial charge in [-0.2, -0.15) is 0 Å². The zero-order valence-electron chi connectivity index (χ0n) is 11.7. The number of benzene rings is 1. The van der Waals surface area contributed by atoms with Crippen LogP contribution in [0.3, 0.4) is 0 Å². The summed E-state index contributed by atoms with van der Waals surface area (Å²) in [6.07, 6.45) is 5.78. The Kier molecular flexibility index (Phi) is 3.11. The van der Waals surface area contributed by atoms with Crippen molar-refractivity contribution in [3.8, 4) is 0 Å². The molecule has 0 saturated carbocycles. The summed E-state index contributed by atoms with van der Waals surface area (Å²) < 4.78 is 0. The van der Waals surface area contributed by atoms with E-state index in [0.29, 0.717) is 12.1 Å². The van der Waals surface area contributed by atoms with Crippen LogP contribution in [0.2, 0.25) is 0 Å². The number of carbonyl (C=O) groups excluding carboxylic acids is 1.